The van der Waals surface area contributed by atoms with Crippen LogP contribution in [0.1, 0.15) is 5.56 Å². The summed E-state index contributed by atoms with van der Waals surface area (Å²) in [6.45, 7) is 3.16. The number of pyridine rings is 1. The zero-order valence-corrected chi connectivity index (χ0v) is 12.6. The summed E-state index contributed by atoms with van der Waals surface area (Å²) in [5.41, 5.74) is 1.13. The van der Waals surface area contributed by atoms with Crippen molar-refractivity contribution in [1.29, 1.82) is 0 Å². The lowest BCUT2D eigenvalue weighted by molar-refractivity contribution is -0.134. The van der Waals surface area contributed by atoms with Crippen molar-refractivity contribution in [2.24, 2.45) is 0 Å². The molecule has 0 unspecified atom stereocenters. The highest BCUT2D eigenvalue weighted by molar-refractivity contribution is 5.79. The Morgan fingerprint density at radius 3 is 2.95 bits per heavy atom. The molecule has 0 bridgehead atoms. The third-order valence-electron chi connectivity index (χ3n) is 4.08. The van der Waals surface area contributed by atoms with Gasteiger partial charge in [0, 0.05) is 38.6 Å². The topological polar surface area (TPSA) is 66.0 Å². The molecular formula is C15H20N4O3. The van der Waals surface area contributed by atoms with Gasteiger partial charge in [-0.1, -0.05) is 0 Å². The zero-order valence-electron chi connectivity index (χ0n) is 12.6. The Balaban J connectivity index is 1.51. The lowest BCUT2D eigenvalue weighted by Gasteiger charge is -2.36. The second kappa shape index (κ2) is 6.31. The van der Waals surface area contributed by atoms with Crippen molar-refractivity contribution < 1.29 is 14.3 Å². The lowest BCUT2D eigenvalue weighted by Crippen LogP contribution is -2.55. The van der Waals surface area contributed by atoms with E-state index in [2.05, 4.69) is 4.98 Å². The van der Waals surface area contributed by atoms with Crippen LogP contribution >= 0.6 is 0 Å². The van der Waals surface area contributed by atoms with E-state index < -0.39 is 0 Å². The van der Waals surface area contributed by atoms with E-state index in [9.17, 15) is 9.59 Å². The number of cyclic esters (lactones) is 1. The van der Waals surface area contributed by atoms with Crippen LogP contribution in [0.3, 0.4) is 0 Å². The van der Waals surface area contributed by atoms with E-state index >= 15 is 0 Å². The van der Waals surface area contributed by atoms with Gasteiger partial charge in [0.25, 0.3) is 0 Å². The van der Waals surface area contributed by atoms with Crippen molar-refractivity contribution >= 4 is 12.0 Å². The maximum Gasteiger partial charge on any atom is 0.410 e. The van der Waals surface area contributed by atoms with Gasteiger partial charge in [-0.05, 0) is 24.7 Å². The molecule has 2 aliphatic heterocycles. The molecule has 2 saturated heterocycles. The predicted molar refractivity (Wildman–Crippen MR) is 79.0 cm³/mol. The van der Waals surface area contributed by atoms with Gasteiger partial charge in [-0.25, -0.2) is 4.79 Å². The number of aromatic nitrogens is 1. The van der Waals surface area contributed by atoms with E-state index in [1.54, 1.807) is 17.3 Å². The van der Waals surface area contributed by atoms with E-state index in [1.807, 2.05) is 29.0 Å². The summed E-state index contributed by atoms with van der Waals surface area (Å²) in [6, 6.07) is 3.90. The molecule has 1 aromatic rings. The van der Waals surface area contributed by atoms with Crippen LogP contribution in [0.5, 0.6) is 0 Å². The molecule has 0 saturated carbocycles. The van der Waals surface area contributed by atoms with Crippen molar-refractivity contribution in [3.8, 4) is 0 Å². The van der Waals surface area contributed by atoms with Crippen LogP contribution in [-0.4, -0.2) is 77.6 Å². The normalized spacial score (nSPS) is 21.0. The number of nitrogens with zero attached hydrogens (tertiary/aromatic N) is 4. The second-order valence-corrected chi connectivity index (χ2v) is 5.79. The molecule has 0 aromatic carbocycles. The van der Waals surface area contributed by atoms with Crippen LogP contribution < -0.4 is 0 Å². The molecule has 1 aromatic heterocycles. The molecule has 7 nitrogen and oxygen atoms in total. The fraction of sp³-hybridized carbons (Fsp3) is 0.533. The molecule has 0 radical (unpaired) electrons. The lowest BCUT2D eigenvalue weighted by atomic mass is 10.2. The number of carbonyl (C=O) groups excluding carboxylic acids is 2. The molecule has 1 atom stereocenters. The predicted octanol–water partition coefficient (Wildman–Crippen LogP) is 0.176. The Labute approximate surface area is 129 Å². The first kappa shape index (κ1) is 14.8. The number of fused-ring (bicyclic) bond motifs is 1. The molecule has 22 heavy (non-hydrogen) atoms. The van der Waals surface area contributed by atoms with Gasteiger partial charge in [-0.15, -0.1) is 0 Å². The molecule has 0 aliphatic carbocycles. The molecule has 118 valence electrons. The van der Waals surface area contributed by atoms with Crippen molar-refractivity contribution in [1.82, 2.24) is 19.7 Å². The standard InChI is InChI=1S/C15H20N4O3/c1-17(8-12-2-4-16-5-3-12)10-14(20)18-6-7-19-13(9-18)11-22-15(19)21/h2-5,13H,6-11H2,1H3/t13-/m0/s1. The number of rotatable bonds is 4. The Morgan fingerprint density at radius 1 is 1.41 bits per heavy atom. The van der Waals surface area contributed by atoms with Crippen molar-refractivity contribution in [2.75, 3.05) is 39.8 Å². The van der Waals surface area contributed by atoms with Gasteiger partial charge in [0.15, 0.2) is 0 Å². The maximum absolute atomic E-state index is 12.4. The highest BCUT2D eigenvalue weighted by atomic mass is 16.6. The maximum atomic E-state index is 12.4. The van der Waals surface area contributed by atoms with Gasteiger partial charge in [0.1, 0.15) is 6.61 Å². The first-order valence-corrected chi connectivity index (χ1v) is 7.42. The molecule has 0 spiro atoms. The van der Waals surface area contributed by atoms with Gasteiger partial charge in [0.05, 0.1) is 12.6 Å². The summed E-state index contributed by atoms with van der Waals surface area (Å²) in [6.07, 6.45) is 3.25. The Kier molecular flexibility index (Phi) is 4.24. The van der Waals surface area contributed by atoms with Gasteiger partial charge >= 0.3 is 6.09 Å². The molecule has 2 amide bonds. The van der Waals surface area contributed by atoms with Crippen molar-refractivity contribution in [3.05, 3.63) is 30.1 Å². The molecule has 3 rings (SSSR count). The minimum absolute atomic E-state index is 0.00991. The number of amides is 2. The number of likely N-dealkylation sites (N-methyl/N-ethyl adjacent to an activating group) is 1. The van der Waals surface area contributed by atoms with E-state index in [0.29, 0.717) is 39.3 Å². The third-order valence-corrected chi connectivity index (χ3v) is 4.08. The second-order valence-electron chi connectivity index (χ2n) is 5.79. The van der Waals surface area contributed by atoms with Gasteiger partial charge in [-0.2, -0.15) is 0 Å². The molecular weight excluding hydrogens is 284 g/mol. The molecule has 2 aliphatic rings. The molecule has 2 fully saturated rings. The number of carbonyl (C=O) groups is 2. The SMILES string of the molecule is CN(CC(=O)N1CCN2C(=O)OC[C@@H]2C1)Cc1ccncc1. The largest absolute Gasteiger partial charge is 0.447 e. The third kappa shape index (κ3) is 3.19. The number of hydrogen-bond donors (Lipinski definition) is 0. The summed E-state index contributed by atoms with van der Waals surface area (Å²) in [4.78, 5) is 33.4. The van der Waals surface area contributed by atoms with Crippen molar-refractivity contribution in [2.45, 2.75) is 12.6 Å². The number of piperazine rings is 1. The average molecular weight is 304 g/mol. The van der Waals surface area contributed by atoms with Crippen LogP contribution in [0.15, 0.2) is 24.5 Å². The monoisotopic (exact) mass is 304 g/mol. The Hall–Kier alpha value is -2.15. The number of ether oxygens (including phenoxy) is 1. The fourth-order valence-corrected chi connectivity index (χ4v) is 2.90. The summed E-state index contributed by atoms with van der Waals surface area (Å²) in [5.74, 6) is 0.0931. The van der Waals surface area contributed by atoms with E-state index in [4.69, 9.17) is 4.74 Å². The quantitative estimate of drug-likeness (QED) is 0.794. The Morgan fingerprint density at radius 2 is 2.18 bits per heavy atom. The summed E-state index contributed by atoms with van der Waals surface area (Å²) in [7, 11) is 1.93. The van der Waals surface area contributed by atoms with Crippen LogP contribution in [0.25, 0.3) is 0 Å². The van der Waals surface area contributed by atoms with Crippen molar-refractivity contribution in [3.63, 3.8) is 0 Å². The number of hydrogen-bond acceptors (Lipinski definition) is 5. The van der Waals surface area contributed by atoms with Gasteiger partial charge in [0.2, 0.25) is 5.91 Å². The highest BCUT2D eigenvalue weighted by Crippen LogP contribution is 2.18. The molecule has 7 heteroatoms. The van der Waals surface area contributed by atoms with Crippen LogP contribution in [0.4, 0.5) is 4.79 Å². The zero-order chi connectivity index (χ0) is 15.5. The summed E-state index contributed by atoms with van der Waals surface area (Å²) in [5, 5.41) is 0. The summed E-state index contributed by atoms with van der Waals surface area (Å²) < 4.78 is 5.02. The highest BCUT2D eigenvalue weighted by Gasteiger charge is 2.38. The summed E-state index contributed by atoms with van der Waals surface area (Å²) >= 11 is 0. The smallest absolute Gasteiger partial charge is 0.410 e. The van der Waals surface area contributed by atoms with Crippen LogP contribution in [0, 0.1) is 0 Å². The van der Waals surface area contributed by atoms with E-state index in [0.717, 1.165) is 5.56 Å². The first-order valence-electron chi connectivity index (χ1n) is 7.42. The average Bonchev–Trinajstić information content (AvgIpc) is 2.89. The van der Waals surface area contributed by atoms with Gasteiger partial charge in [-0.3, -0.25) is 19.6 Å². The molecule has 3 heterocycles. The first-order chi connectivity index (χ1) is 10.6. The fourth-order valence-electron chi connectivity index (χ4n) is 2.90. The van der Waals surface area contributed by atoms with E-state index in [1.165, 1.54) is 0 Å². The Bertz CT molecular complexity index is 551. The van der Waals surface area contributed by atoms with E-state index in [-0.39, 0.29) is 18.0 Å². The molecule has 0 N–H and O–H groups in total. The van der Waals surface area contributed by atoms with Crippen LogP contribution in [-0.2, 0) is 16.1 Å². The van der Waals surface area contributed by atoms with Gasteiger partial charge < -0.3 is 9.64 Å². The van der Waals surface area contributed by atoms with Crippen LogP contribution in [0.2, 0.25) is 0 Å². The minimum atomic E-state index is -0.257. The minimum Gasteiger partial charge on any atom is -0.447 e.